The third-order valence-electron chi connectivity index (χ3n) is 0.724. The second-order valence-electron chi connectivity index (χ2n) is 1.46. The number of nitrogens with two attached hydrogens (primary N) is 2. The van der Waals surface area contributed by atoms with Crippen molar-refractivity contribution in [2.75, 3.05) is 11.5 Å². The highest BCUT2D eigenvalue weighted by Gasteiger charge is 1.98. The highest BCUT2D eigenvalue weighted by atomic mass is 16.1. The lowest BCUT2D eigenvalue weighted by molar-refractivity contribution is -0.388. The van der Waals surface area contributed by atoms with E-state index in [4.69, 9.17) is 11.5 Å². The van der Waals surface area contributed by atoms with E-state index in [9.17, 15) is 4.79 Å². The molecule has 0 amide bonds. The zero-order valence-electron chi connectivity index (χ0n) is 4.51. The second kappa shape index (κ2) is 1.73. The molecule has 0 aliphatic heterocycles. The number of nitrogen functional groups attached to an aromatic ring is 2. The minimum absolute atomic E-state index is 0.0104. The molecule has 0 saturated heterocycles. The van der Waals surface area contributed by atoms with E-state index < -0.39 is 5.69 Å². The van der Waals surface area contributed by atoms with Gasteiger partial charge in [0.15, 0.2) is 0 Å². The van der Waals surface area contributed by atoms with Crippen LogP contribution in [0.1, 0.15) is 0 Å². The van der Waals surface area contributed by atoms with Gasteiger partial charge in [0.25, 0.3) is 0 Å². The fourth-order valence-corrected chi connectivity index (χ4v) is 0.450. The van der Waals surface area contributed by atoms with Crippen molar-refractivity contribution in [2.24, 2.45) is 0 Å². The van der Waals surface area contributed by atoms with Crippen molar-refractivity contribution in [2.45, 2.75) is 0 Å². The van der Waals surface area contributed by atoms with E-state index in [1.54, 1.807) is 0 Å². The molecule has 48 valence electrons. The average molecular weight is 128 g/mol. The minimum Gasteiger partial charge on any atom is -0.349 e. The summed E-state index contributed by atoms with van der Waals surface area (Å²) in [6.07, 6.45) is 0. The normalized spacial score (nSPS) is 9.33. The van der Waals surface area contributed by atoms with Crippen molar-refractivity contribution in [3.8, 4) is 0 Å². The molecular formula is C3H6N5O+. The molecule has 6 N–H and O–H groups in total. The number of nitrogens with zero attached hydrogens (tertiary/aromatic N) is 1. The van der Waals surface area contributed by atoms with Crippen molar-refractivity contribution in [3.63, 3.8) is 0 Å². The van der Waals surface area contributed by atoms with Gasteiger partial charge in [-0.05, 0) is 0 Å². The Bertz CT molecular complexity index is 242. The molecule has 0 fully saturated rings. The molecule has 0 bridgehead atoms. The number of hydrogen-bond acceptors (Lipinski definition) is 4. The van der Waals surface area contributed by atoms with Gasteiger partial charge in [-0.25, -0.2) is 14.8 Å². The highest BCUT2D eigenvalue weighted by Crippen LogP contribution is 1.81. The van der Waals surface area contributed by atoms with Gasteiger partial charge in [-0.2, -0.15) is 0 Å². The van der Waals surface area contributed by atoms with Crippen LogP contribution >= 0.6 is 0 Å². The van der Waals surface area contributed by atoms with Gasteiger partial charge in [0.05, 0.1) is 0 Å². The lowest BCUT2D eigenvalue weighted by Gasteiger charge is -1.82. The summed E-state index contributed by atoms with van der Waals surface area (Å²) in [6, 6.07) is 0. The molecule has 1 rings (SSSR count). The molecule has 1 aromatic heterocycles. The molecule has 0 radical (unpaired) electrons. The van der Waals surface area contributed by atoms with Crippen LogP contribution in [0.4, 0.5) is 11.9 Å². The SMILES string of the molecule is Nc1nc(N)[nH+]c(=O)[nH]1. The Morgan fingerprint density at radius 2 is 2.22 bits per heavy atom. The number of rotatable bonds is 0. The molecule has 0 aliphatic rings. The van der Waals surface area contributed by atoms with Gasteiger partial charge in [-0.1, -0.05) is 4.98 Å². The maximum absolute atomic E-state index is 10.4. The molecule has 0 unspecified atom stereocenters. The molecular weight excluding hydrogens is 122 g/mol. The number of aromatic amines is 2. The largest absolute Gasteiger partial charge is 0.415 e. The molecule has 0 aliphatic carbocycles. The van der Waals surface area contributed by atoms with E-state index in [-0.39, 0.29) is 11.9 Å². The Labute approximate surface area is 49.9 Å². The summed E-state index contributed by atoms with van der Waals surface area (Å²) in [5.74, 6) is 0.0208. The van der Waals surface area contributed by atoms with E-state index in [2.05, 4.69) is 15.0 Å². The van der Waals surface area contributed by atoms with Gasteiger partial charge >= 0.3 is 17.6 Å². The van der Waals surface area contributed by atoms with Crippen molar-refractivity contribution in [1.29, 1.82) is 0 Å². The molecule has 0 aromatic carbocycles. The Kier molecular flexibility index (Phi) is 1.07. The van der Waals surface area contributed by atoms with Crippen molar-refractivity contribution in [1.82, 2.24) is 9.97 Å². The Balaban J connectivity index is 3.33. The van der Waals surface area contributed by atoms with E-state index in [0.717, 1.165) is 0 Å². The highest BCUT2D eigenvalue weighted by molar-refractivity contribution is 5.17. The molecule has 1 aromatic rings. The summed E-state index contributed by atoms with van der Waals surface area (Å²) in [4.78, 5) is 18.3. The second-order valence-corrected chi connectivity index (χ2v) is 1.46. The first-order valence-corrected chi connectivity index (χ1v) is 2.23. The monoisotopic (exact) mass is 128 g/mol. The topological polar surface area (TPSA) is 112 Å². The molecule has 1 heterocycles. The predicted octanol–water partition coefficient (Wildman–Crippen LogP) is -2.25. The van der Waals surface area contributed by atoms with Crippen LogP contribution in [-0.2, 0) is 0 Å². The maximum atomic E-state index is 10.4. The van der Waals surface area contributed by atoms with Gasteiger partial charge in [-0.3, -0.25) is 0 Å². The van der Waals surface area contributed by atoms with Gasteiger partial charge in [0.2, 0.25) is 0 Å². The molecule has 6 nitrogen and oxygen atoms in total. The molecule has 9 heavy (non-hydrogen) atoms. The van der Waals surface area contributed by atoms with Crippen molar-refractivity contribution in [3.05, 3.63) is 10.5 Å². The van der Waals surface area contributed by atoms with E-state index in [1.807, 2.05) is 0 Å². The Morgan fingerprint density at radius 3 is 2.67 bits per heavy atom. The molecule has 0 atom stereocenters. The van der Waals surface area contributed by atoms with E-state index in [1.165, 1.54) is 0 Å². The first-order chi connectivity index (χ1) is 4.18. The van der Waals surface area contributed by atoms with Crippen molar-refractivity contribution >= 4 is 11.9 Å². The lowest BCUT2D eigenvalue weighted by atomic mass is 10.9. The van der Waals surface area contributed by atoms with Gasteiger partial charge in [0.1, 0.15) is 0 Å². The van der Waals surface area contributed by atoms with Crippen LogP contribution < -0.4 is 22.1 Å². The first kappa shape index (κ1) is 5.54. The third kappa shape index (κ3) is 1.15. The lowest BCUT2D eigenvalue weighted by Crippen LogP contribution is -2.34. The maximum Gasteiger partial charge on any atom is 0.415 e. The van der Waals surface area contributed by atoms with Crippen LogP contribution in [0.25, 0.3) is 0 Å². The summed E-state index contributed by atoms with van der Waals surface area (Å²) in [5, 5.41) is 0. The zero-order valence-corrected chi connectivity index (χ0v) is 4.51. The van der Waals surface area contributed by atoms with E-state index >= 15 is 0 Å². The number of nitrogens with one attached hydrogen (secondary N) is 2. The van der Waals surface area contributed by atoms with Crippen LogP contribution in [0.5, 0.6) is 0 Å². The quantitative estimate of drug-likeness (QED) is 0.366. The van der Waals surface area contributed by atoms with Crippen LogP contribution in [0.3, 0.4) is 0 Å². The minimum atomic E-state index is -0.458. The molecule has 0 spiro atoms. The summed E-state index contributed by atoms with van der Waals surface area (Å²) in [6.45, 7) is 0. The smallest absolute Gasteiger partial charge is 0.349 e. The Hall–Kier alpha value is -1.59. The van der Waals surface area contributed by atoms with Crippen molar-refractivity contribution < 1.29 is 4.98 Å². The number of hydrogen-bond donors (Lipinski definition) is 3. The number of aromatic nitrogens is 3. The summed E-state index contributed by atoms with van der Waals surface area (Å²) >= 11 is 0. The molecule has 6 heteroatoms. The van der Waals surface area contributed by atoms with Gasteiger partial charge in [0, 0.05) is 0 Å². The molecule has 0 saturated carbocycles. The van der Waals surface area contributed by atoms with Crippen LogP contribution in [-0.4, -0.2) is 9.97 Å². The van der Waals surface area contributed by atoms with Gasteiger partial charge < -0.3 is 11.5 Å². The van der Waals surface area contributed by atoms with E-state index in [0.29, 0.717) is 0 Å². The number of anilines is 2. The van der Waals surface area contributed by atoms with Crippen LogP contribution in [0.2, 0.25) is 0 Å². The summed E-state index contributed by atoms with van der Waals surface area (Å²) < 4.78 is 0. The fourth-order valence-electron chi connectivity index (χ4n) is 0.450. The van der Waals surface area contributed by atoms with Gasteiger partial charge in [-0.15, -0.1) is 0 Å². The summed E-state index contributed by atoms with van der Waals surface area (Å²) in [5.41, 5.74) is 9.73. The van der Waals surface area contributed by atoms with Crippen LogP contribution in [0.15, 0.2) is 4.79 Å². The number of H-pyrrole nitrogens is 2. The predicted molar refractivity (Wildman–Crippen MR) is 30.2 cm³/mol. The third-order valence-corrected chi connectivity index (χ3v) is 0.724. The summed E-state index contributed by atoms with van der Waals surface area (Å²) in [7, 11) is 0. The van der Waals surface area contributed by atoms with Crippen LogP contribution in [0, 0.1) is 0 Å². The first-order valence-electron chi connectivity index (χ1n) is 2.23. The fraction of sp³-hybridized carbons (Fsp3) is 0. The standard InChI is InChI=1S/C3H5N5O/c4-1-6-2(5)8-3(9)7-1/h(H5,4,5,6,7,8,9)/p+1. The Morgan fingerprint density at radius 1 is 1.56 bits per heavy atom. The average Bonchev–Trinajstić information content (AvgIpc) is 1.59. The zero-order chi connectivity index (χ0) is 6.85.